The molecule has 4 heteroatoms. The number of piperidine rings is 1. The molecule has 0 unspecified atom stereocenters. The van der Waals surface area contributed by atoms with Gasteiger partial charge in [-0.25, -0.2) is 0 Å². The Morgan fingerprint density at radius 3 is 2.77 bits per heavy atom. The van der Waals surface area contributed by atoms with Gasteiger partial charge < -0.3 is 14.2 Å². The molecule has 1 aromatic heterocycles. The zero-order chi connectivity index (χ0) is 15.5. The van der Waals surface area contributed by atoms with Gasteiger partial charge in [0.1, 0.15) is 11.3 Å². The van der Waals surface area contributed by atoms with Crippen molar-refractivity contribution in [2.24, 2.45) is 0 Å². The third kappa shape index (κ3) is 3.33. The number of carbonyl (C=O) groups excluding carboxylic acids is 1. The highest BCUT2D eigenvalue weighted by molar-refractivity contribution is 5.97. The van der Waals surface area contributed by atoms with E-state index in [-0.39, 0.29) is 5.91 Å². The van der Waals surface area contributed by atoms with Gasteiger partial charge in [0, 0.05) is 31.1 Å². The molecule has 0 aliphatic carbocycles. The molecule has 0 radical (unpaired) electrons. The van der Waals surface area contributed by atoms with Crippen molar-refractivity contribution in [2.45, 2.75) is 26.2 Å². The first-order valence-electron chi connectivity index (χ1n) is 8.11. The first-order chi connectivity index (χ1) is 10.6. The molecule has 0 saturated carbocycles. The lowest BCUT2D eigenvalue weighted by atomic mass is 10.1. The molecule has 3 rings (SSSR count). The predicted octanol–water partition coefficient (Wildman–Crippen LogP) is 3.30. The number of rotatable bonds is 4. The van der Waals surface area contributed by atoms with E-state index in [1.807, 2.05) is 43.1 Å². The SMILES string of the molecule is Cc1cc2cc(C(=O)N(C)CCN3CCCCC3)ccc2o1. The van der Waals surface area contributed by atoms with Crippen LogP contribution in [0.3, 0.4) is 0 Å². The van der Waals surface area contributed by atoms with Crippen LogP contribution in [0.5, 0.6) is 0 Å². The standard InChI is InChI=1S/C18H24N2O2/c1-14-12-16-13-15(6-7-17(16)22-14)18(21)19(2)10-11-20-8-4-3-5-9-20/h6-7,12-13H,3-5,8-11H2,1-2H3. The van der Waals surface area contributed by atoms with Crippen molar-refractivity contribution in [3.05, 3.63) is 35.6 Å². The normalized spacial score (nSPS) is 16.1. The van der Waals surface area contributed by atoms with Crippen LogP contribution in [0.2, 0.25) is 0 Å². The monoisotopic (exact) mass is 300 g/mol. The van der Waals surface area contributed by atoms with Gasteiger partial charge in [-0.3, -0.25) is 4.79 Å². The smallest absolute Gasteiger partial charge is 0.253 e. The lowest BCUT2D eigenvalue weighted by Crippen LogP contribution is -2.38. The summed E-state index contributed by atoms with van der Waals surface area (Å²) in [5.74, 6) is 0.954. The summed E-state index contributed by atoms with van der Waals surface area (Å²) < 4.78 is 5.56. The summed E-state index contributed by atoms with van der Waals surface area (Å²) in [6.45, 7) is 6.01. The average Bonchev–Trinajstić information content (AvgIpc) is 2.92. The van der Waals surface area contributed by atoms with E-state index in [1.54, 1.807) is 0 Å². The number of hydrogen-bond donors (Lipinski definition) is 0. The van der Waals surface area contributed by atoms with Crippen molar-refractivity contribution in [2.75, 3.05) is 33.2 Å². The minimum absolute atomic E-state index is 0.0813. The number of likely N-dealkylation sites (tertiary alicyclic amines) is 1. The number of amides is 1. The highest BCUT2D eigenvalue weighted by Crippen LogP contribution is 2.20. The molecule has 1 aliphatic heterocycles. The fourth-order valence-electron chi connectivity index (χ4n) is 3.11. The molecule has 22 heavy (non-hydrogen) atoms. The third-order valence-electron chi connectivity index (χ3n) is 4.43. The summed E-state index contributed by atoms with van der Waals surface area (Å²) in [7, 11) is 1.89. The van der Waals surface area contributed by atoms with Crippen LogP contribution in [-0.2, 0) is 0 Å². The fourth-order valence-corrected chi connectivity index (χ4v) is 3.11. The number of likely N-dealkylation sites (N-methyl/N-ethyl adjacent to an activating group) is 1. The largest absolute Gasteiger partial charge is 0.461 e. The van der Waals surface area contributed by atoms with Crippen LogP contribution in [-0.4, -0.2) is 48.9 Å². The van der Waals surface area contributed by atoms with Crippen LogP contribution in [0.1, 0.15) is 35.4 Å². The number of nitrogens with zero attached hydrogens (tertiary/aromatic N) is 2. The van der Waals surface area contributed by atoms with Gasteiger partial charge >= 0.3 is 0 Å². The summed E-state index contributed by atoms with van der Waals surface area (Å²) in [4.78, 5) is 16.8. The molecule has 2 heterocycles. The van der Waals surface area contributed by atoms with E-state index in [2.05, 4.69) is 4.90 Å². The molecule has 2 aromatic rings. The lowest BCUT2D eigenvalue weighted by Gasteiger charge is -2.28. The second-order valence-electron chi connectivity index (χ2n) is 6.24. The molecule has 1 aromatic carbocycles. The van der Waals surface area contributed by atoms with E-state index >= 15 is 0 Å². The van der Waals surface area contributed by atoms with Crippen molar-refractivity contribution in [3.8, 4) is 0 Å². The Bertz CT molecular complexity index is 656. The van der Waals surface area contributed by atoms with Gasteiger partial charge in [-0.05, 0) is 57.1 Å². The van der Waals surface area contributed by atoms with E-state index in [4.69, 9.17) is 4.42 Å². The maximum absolute atomic E-state index is 12.5. The van der Waals surface area contributed by atoms with Crippen LogP contribution in [0.4, 0.5) is 0 Å². The van der Waals surface area contributed by atoms with Gasteiger partial charge in [0.05, 0.1) is 0 Å². The molecule has 1 aliphatic rings. The number of furan rings is 1. The maximum atomic E-state index is 12.5. The predicted molar refractivity (Wildman–Crippen MR) is 88.2 cm³/mol. The number of hydrogen-bond acceptors (Lipinski definition) is 3. The van der Waals surface area contributed by atoms with Crippen molar-refractivity contribution in [3.63, 3.8) is 0 Å². The van der Waals surface area contributed by atoms with Crippen molar-refractivity contribution >= 4 is 16.9 Å². The summed E-state index contributed by atoms with van der Waals surface area (Å²) in [6, 6.07) is 7.63. The van der Waals surface area contributed by atoms with E-state index in [9.17, 15) is 4.79 Å². The first-order valence-corrected chi connectivity index (χ1v) is 8.11. The van der Waals surface area contributed by atoms with Crippen molar-refractivity contribution in [1.29, 1.82) is 0 Å². The van der Waals surface area contributed by atoms with E-state index in [0.717, 1.165) is 35.4 Å². The summed E-state index contributed by atoms with van der Waals surface area (Å²) in [5, 5.41) is 0.993. The van der Waals surface area contributed by atoms with Crippen molar-refractivity contribution < 1.29 is 9.21 Å². The van der Waals surface area contributed by atoms with Gasteiger partial charge in [0.2, 0.25) is 0 Å². The van der Waals surface area contributed by atoms with Gasteiger partial charge in [-0.1, -0.05) is 6.42 Å². The molecule has 1 saturated heterocycles. The molecule has 0 N–H and O–H groups in total. The summed E-state index contributed by atoms with van der Waals surface area (Å²) >= 11 is 0. The molecule has 0 bridgehead atoms. The van der Waals surface area contributed by atoms with Gasteiger partial charge in [-0.2, -0.15) is 0 Å². The number of benzene rings is 1. The Labute approximate surface area is 131 Å². The number of carbonyl (C=O) groups is 1. The summed E-state index contributed by atoms with van der Waals surface area (Å²) in [6.07, 6.45) is 3.91. The van der Waals surface area contributed by atoms with E-state index < -0.39 is 0 Å². The second kappa shape index (κ2) is 6.53. The third-order valence-corrected chi connectivity index (χ3v) is 4.43. The highest BCUT2D eigenvalue weighted by atomic mass is 16.3. The topological polar surface area (TPSA) is 36.7 Å². The minimum Gasteiger partial charge on any atom is -0.461 e. The number of fused-ring (bicyclic) bond motifs is 1. The van der Waals surface area contributed by atoms with Gasteiger partial charge in [0.15, 0.2) is 0 Å². The quantitative estimate of drug-likeness (QED) is 0.869. The van der Waals surface area contributed by atoms with Crippen LogP contribution < -0.4 is 0 Å². The molecule has 0 spiro atoms. The Hall–Kier alpha value is -1.81. The second-order valence-corrected chi connectivity index (χ2v) is 6.24. The van der Waals surface area contributed by atoms with Crippen molar-refractivity contribution in [1.82, 2.24) is 9.80 Å². The van der Waals surface area contributed by atoms with Gasteiger partial charge in [-0.15, -0.1) is 0 Å². The molecular formula is C18H24N2O2. The molecular weight excluding hydrogens is 276 g/mol. The van der Waals surface area contributed by atoms with Crippen LogP contribution in [0.25, 0.3) is 11.0 Å². The Balaban J connectivity index is 1.63. The van der Waals surface area contributed by atoms with E-state index in [0.29, 0.717) is 0 Å². The minimum atomic E-state index is 0.0813. The molecule has 1 fully saturated rings. The zero-order valence-electron chi connectivity index (χ0n) is 13.5. The molecule has 118 valence electrons. The van der Waals surface area contributed by atoms with Crippen LogP contribution in [0.15, 0.2) is 28.7 Å². The Morgan fingerprint density at radius 2 is 2.00 bits per heavy atom. The van der Waals surface area contributed by atoms with Crippen LogP contribution in [0, 0.1) is 6.92 Å². The molecule has 1 amide bonds. The lowest BCUT2D eigenvalue weighted by molar-refractivity contribution is 0.0773. The fraction of sp³-hybridized carbons (Fsp3) is 0.500. The zero-order valence-corrected chi connectivity index (χ0v) is 13.5. The summed E-state index contributed by atoms with van der Waals surface area (Å²) in [5.41, 5.74) is 1.57. The first kappa shape index (κ1) is 15.1. The highest BCUT2D eigenvalue weighted by Gasteiger charge is 2.15. The maximum Gasteiger partial charge on any atom is 0.253 e. The van der Waals surface area contributed by atoms with Crippen LogP contribution >= 0.6 is 0 Å². The van der Waals surface area contributed by atoms with Gasteiger partial charge in [0.25, 0.3) is 5.91 Å². The molecule has 0 atom stereocenters. The Morgan fingerprint density at radius 1 is 1.23 bits per heavy atom. The Kier molecular flexibility index (Phi) is 4.48. The number of aryl methyl sites for hydroxylation is 1. The van der Waals surface area contributed by atoms with E-state index in [1.165, 1.54) is 32.4 Å². The average molecular weight is 300 g/mol. The molecule has 4 nitrogen and oxygen atoms in total.